The minimum absolute atomic E-state index is 0. The second kappa shape index (κ2) is 11.8. The third-order valence-corrected chi connectivity index (χ3v) is 7.21. The highest BCUT2D eigenvalue weighted by molar-refractivity contribution is 7.18. The van der Waals surface area contributed by atoms with Crippen LogP contribution in [0, 0.1) is 0 Å². The number of alkyl halides is 3. The lowest BCUT2D eigenvalue weighted by Crippen LogP contribution is -2.32. The van der Waals surface area contributed by atoms with Crippen molar-refractivity contribution >= 4 is 51.5 Å². The Labute approximate surface area is 240 Å². The van der Waals surface area contributed by atoms with Crippen LogP contribution >= 0.6 is 35.3 Å². The van der Waals surface area contributed by atoms with Gasteiger partial charge in [-0.25, -0.2) is 9.97 Å². The first-order valence-corrected chi connectivity index (χ1v) is 12.7. The number of nitrogens with two attached hydrogens (primary N) is 1. The van der Waals surface area contributed by atoms with Gasteiger partial charge in [0.2, 0.25) is 12.0 Å². The Hall–Kier alpha value is -3.64. The van der Waals surface area contributed by atoms with E-state index in [1.54, 1.807) is 29.6 Å². The van der Waals surface area contributed by atoms with Gasteiger partial charge in [0.1, 0.15) is 17.1 Å². The fraction of sp³-hybridized carbons (Fsp3) is 0.148. The number of carboxylic acid groups (broad SMARTS) is 1. The van der Waals surface area contributed by atoms with Crippen LogP contribution in [0.1, 0.15) is 17.2 Å². The Morgan fingerprint density at radius 1 is 1.10 bits per heavy atom. The van der Waals surface area contributed by atoms with Gasteiger partial charge in [0.05, 0.1) is 18.0 Å². The van der Waals surface area contributed by atoms with E-state index in [2.05, 4.69) is 9.97 Å². The molecule has 0 amide bonds. The number of halogens is 5. The van der Waals surface area contributed by atoms with Crippen LogP contribution in [0.2, 0.25) is 5.02 Å². The van der Waals surface area contributed by atoms with Crippen LogP contribution in [-0.4, -0.2) is 33.3 Å². The molecule has 3 N–H and O–H groups in total. The highest BCUT2D eigenvalue weighted by Crippen LogP contribution is 2.44. The molecule has 0 aliphatic carbocycles. The van der Waals surface area contributed by atoms with Crippen LogP contribution in [0.25, 0.3) is 32.5 Å². The highest BCUT2D eigenvalue weighted by atomic mass is 35.5. The predicted octanol–water partition coefficient (Wildman–Crippen LogP) is 7.33. The van der Waals surface area contributed by atoms with Gasteiger partial charge in [0.25, 0.3) is 0 Å². The van der Waals surface area contributed by atoms with Crippen molar-refractivity contribution in [1.29, 1.82) is 0 Å². The van der Waals surface area contributed by atoms with Crippen LogP contribution in [-0.2, 0) is 11.2 Å². The predicted molar refractivity (Wildman–Crippen MR) is 148 cm³/mol. The summed E-state index contributed by atoms with van der Waals surface area (Å²) < 4.78 is 54.2. The Morgan fingerprint density at radius 2 is 1.85 bits per heavy atom. The monoisotopic (exact) mass is 609 g/mol. The summed E-state index contributed by atoms with van der Waals surface area (Å²) in [5, 5.41) is 11.0. The Bertz CT molecular complexity index is 1630. The summed E-state index contributed by atoms with van der Waals surface area (Å²) in [5.41, 5.74) is 8.67. The second-order valence-electron chi connectivity index (χ2n) is 8.63. The molecule has 40 heavy (non-hydrogen) atoms. The van der Waals surface area contributed by atoms with Crippen LogP contribution in [0.4, 0.5) is 13.2 Å². The van der Waals surface area contributed by atoms with E-state index < -0.39 is 24.3 Å². The van der Waals surface area contributed by atoms with E-state index in [0.717, 1.165) is 28.8 Å². The third kappa shape index (κ3) is 6.07. The number of aromatic nitrogens is 2. The van der Waals surface area contributed by atoms with Crippen LogP contribution < -0.4 is 10.5 Å². The first-order chi connectivity index (χ1) is 18.6. The number of hydrogen-bond donors (Lipinski definition) is 2. The number of rotatable bonds is 8. The smallest absolute Gasteiger partial charge is 0.429 e. The molecule has 3 aromatic heterocycles. The summed E-state index contributed by atoms with van der Waals surface area (Å²) in [4.78, 5) is 19.4. The zero-order chi connectivity index (χ0) is 27.7. The van der Waals surface area contributed by atoms with E-state index >= 15 is 0 Å². The molecule has 3 heterocycles. The average molecular weight is 610 g/mol. The average Bonchev–Trinajstić information content (AvgIpc) is 3.58. The van der Waals surface area contributed by atoms with Gasteiger partial charge in [-0.3, -0.25) is 4.79 Å². The van der Waals surface area contributed by atoms with Gasteiger partial charge in [-0.1, -0.05) is 41.9 Å². The zero-order valence-electron chi connectivity index (χ0n) is 20.3. The van der Waals surface area contributed by atoms with Crippen molar-refractivity contribution in [1.82, 2.24) is 9.97 Å². The molecule has 208 valence electrons. The summed E-state index contributed by atoms with van der Waals surface area (Å²) in [7, 11) is 0. The molecule has 0 radical (unpaired) electrons. The number of thiophene rings is 1. The molecule has 1 unspecified atom stereocenters. The number of ether oxygens (including phenoxy) is 1. The van der Waals surface area contributed by atoms with Gasteiger partial charge >= 0.3 is 12.1 Å². The lowest BCUT2D eigenvalue weighted by atomic mass is 9.97. The number of furan rings is 1. The number of carboxylic acids is 1. The zero-order valence-corrected chi connectivity index (χ0v) is 22.7. The third-order valence-electron chi connectivity index (χ3n) is 6.02. The standard InChI is InChI=1S/C27H19ClF3N3O4S.ClH/c28-17-5-6-18(19(10-17)16-7-8-37-11-16)24(27(29,30)31)38-25-23-22(33-13-34-25)20(12-39-23)15-3-1-14(2-4-15)9-21(32)26(35)36;/h1-8,10-13,21,24H,9,32H2,(H,35,36);1H/t21?,24-;/m1./s1. The minimum atomic E-state index is -4.78. The SMILES string of the molecule is Cl.NC(Cc1ccc(-c2csc3c(O[C@H](c4ccc(Cl)cc4-c4ccoc4)C(F)(F)F)ncnc23)cc1)C(=O)O. The normalized spacial score (nSPS) is 13.0. The first kappa shape index (κ1) is 29.3. The van der Waals surface area contributed by atoms with E-state index in [9.17, 15) is 18.0 Å². The maximum atomic E-state index is 14.4. The summed E-state index contributed by atoms with van der Waals surface area (Å²) in [6.45, 7) is 0. The molecule has 0 spiro atoms. The van der Waals surface area contributed by atoms with Gasteiger partial charge in [-0.2, -0.15) is 13.2 Å². The van der Waals surface area contributed by atoms with Crippen LogP contribution in [0.3, 0.4) is 0 Å². The second-order valence-corrected chi connectivity index (χ2v) is 9.95. The number of fused-ring (bicyclic) bond motifs is 1. The topological polar surface area (TPSA) is 111 Å². The molecule has 2 atom stereocenters. The highest BCUT2D eigenvalue weighted by Gasteiger charge is 2.45. The van der Waals surface area contributed by atoms with Crippen molar-refractivity contribution in [2.24, 2.45) is 5.73 Å². The molecular weight excluding hydrogens is 590 g/mol. The minimum Gasteiger partial charge on any atom is -0.480 e. The molecule has 0 bridgehead atoms. The van der Waals surface area contributed by atoms with Gasteiger partial charge < -0.3 is 20.0 Å². The van der Waals surface area contributed by atoms with E-state index in [1.165, 1.54) is 36.8 Å². The van der Waals surface area contributed by atoms with E-state index in [1.807, 2.05) is 0 Å². The summed E-state index contributed by atoms with van der Waals surface area (Å²) in [6.07, 6.45) is -3.13. The fourth-order valence-corrected chi connectivity index (χ4v) is 5.25. The number of nitrogens with zero attached hydrogens (tertiary/aromatic N) is 2. The van der Waals surface area contributed by atoms with Gasteiger partial charge in [-0.05, 0) is 41.3 Å². The van der Waals surface area contributed by atoms with Crippen molar-refractivity contribution < 1.29 is 32.2 Å². The summed E-state index contributed by atoms with van der Waals surface area (Å²) in [5.74, 6) is -1.31. The lowest BCUT2D eigenvalue weighted by molar-refractivity contribution is -0.198. The van der Waals surface area contributed by atoms with Crippen molar-refractivity contribution in [3.8, 4) is 28.1 Å². The van der Waals surface area contributed by atoms with Crippen molar-refractivity contribution in [3.63, 3.8) is 0 Å². The Morgan fingerprint density at radius 3 is 2.50 bits per heavy atom. The molecule has 13 heteroatoms. The largest absolute Gasteiger partial charge is 0.480 e. The first-order valence-electron chi connectivity index (χ1n) is 11.5. The molecule has 5 rings (SSSR count). The van der Waals surface area contributed by atoms with E-state index in [4.69, 9.17) is 31.6 Å². The molecule has 2 aromatic carbocycles. The van der Waals surface area contributed by atoms with Crippen molar-refractivity contribution in [3.05, 3.63) is 88.9 Å². The van der Waals surface area contributed by atoms with Gasteiger partial charge in [-0.15, -0.1) is 23.7 Å². The molecule has 5 aromatic rings. The molecular formula is C27H20Cl2F3N3O4S. The number of hydrogen-bond acceptors (Lipinski definition) is 7. The van der Waals surface area contributed by atoms with Gasteiger partial charge in [0.15, 0.2) is 0 Å². The van der Waals surface area contributed by atoms with Crippen molar-refractivity contribution in [2.45, 2.75) is 24.7 Å². The molecule has 0 saturated carbocycles. The lowest BCUT2D eigenvalue weighted by Gasteiger charge is -2.24. The Balaban J connectivity index is 0.00000370. The molecule has 0 aliphatic rings. The van der Waals surface area contributed by atoms with E-state index in [-0.39, 0.29) is 40.9 Å². The molecule has 0 aliphatic heterocycles. The van der Waals surface area contributed by atoms with Crippen LogP contribution in [0.15, 0.2) is 77.2 Å². The summed E-state index contributed by atoms with van der Waals surface area (Å²) in [6, 6.07) is 11.6. The number of benzene rings is 2. The van der Waals surface area contributed by atoms with Crippen molar-refractivity contribution in [2.75, 3.05) is 0 Å². The fourth-order valence-electron chi connectivity index (χ4n) is 4.12. The number of carbonyl (C=O) groups is 1. The maximum Gasteiger partial charge on any atom is 0.429 e. The number of aliphatic carboxylic acids is 1. The molecule has 0 saturated heterocycles. The van der Waals surface area contributed by atoms with Crippen LogP contribution in [0.5, 0.6) is 5.88 Å². The van der Waals surface area contributed by atoms with E-state index in [0.29, 0.717) is 21.3 Å². The quantitative estimate of drug-likeness (QED) is 0.189. The maximum absolute atomic E-state index is 14.4. The van der Waals surface area contributed by atoms with Gasteiger partial charge in [0, 0.05) is 27.1 Å². The molecule has 7 nitrogen and oxygen atoms in total. The summed E-state index contributed by atoms with van der Waals surface area (Å²) >= 11 is 7.25. The molecule has 0 fully saturated rings. The Kier molecular flexibility index (Phi) is 8.69.